The Bertz CT molecular complexity index is 784. The van der Waals surface area contributed by atoms with Crippen LogP contribution in [0.15, 0.2) is 24.3 Å². The van der Waals surface area contributed by atoms with E-state index in [1.807, 2.05) is 11.8 Å². The highest BCUT2D eigenvalue weighted by Crippen LogP contribution is 2.28. The summed E-state index contributed by atoms with van der Waals surface area (Å²) in [6.45, 7) is 3.51. The standard InChI is InChI=1S/C21H27N3O5/c1-2-3-12-29-21(28)15-4-6-16(7-5-15)24-18(25)13-17(20(24)27)23-10-8-14(9-11-23)19(22)26/h4-7,14,17H,2-3,8-13H2,1H3,(H2,22,26). The molecule has 0 aromatic heterocycles. The van der Waals surface area contributed by atoms with Crippen LogP contribution in [0.3, 0.4) is 0 Å². The lowest BCUT2D eigenvalue weighted by Crippen LogP contribution is -2.47. The Kier molecular flexibility index (Phi) is 6.64. The minimum absolute atomic E-state index is 0.112. The van der Waals surface area contributed by atoms with E-state index in [4.69, 9.17) is 10.5 Å². The number of carbonyl (C=O) groups is 4. The van der Waals surface area contributed by atoms with Crippen molar-refractivity contribution in [3.05, 3.63) is 29.8 Å². The zero-order valence-corrected chi connectivity index (χ0v) is 16.6. The second kappa shape index (κ2) is 9.17. The Labute approximate surface area is 170 Å². The van der Waals surface area contributed by atoms with E-state index in [9.17, 15) is 19.2 Å². The number of anilines is 1. The summed E-state index contributed by atoms with van der Waals surface area (Å²) in [7, 11) is 0. The summed E-state index contributed by atoms with van der Waals surface area (Å²) in [6.07, 6.45) is 3.05. The van der Waals surface area contributed by atoms with Crippen LogP contribution in [0.5, 0.6) is 0 Å². The van der Waals surface area contributed by atoms with E-state index in [0.29, 0.717) is 43.8 Å². The van der Waals surface area contributed by atoms with E-state index in [0.717, 1.165) is 12.8 Å². The lowest BCUT2D eigenvalue weighted by molar-refractivity contribution is -0.124. The van der Waals surface area contributed by atoms with Gasteiger partial charge in [-0.3, -0.25) is 19.3 Å². The molecule has 2 heterocycles. The number of likely N-dealkylation sites (tertiary alicyclic amines) is 1. The van der Waals surface area contributed by atoms with E-state index in [-0.39, 0.29) is 30.1 Å². The maximum Gasteiger partial charge on any atom is 0.338 e. The Morgan fingerprint density at radius 1 is 1.14 bits per heavy atom. The number of esters is 1. The van der Waals surface area contributed by atoms with Crippen molar-refractivity contribution in [3.63, 3.8) is 0 Å². The highest BCUT2D eigenvalue weighted by atomic mass is 16.5. The number of imide groups is 1. The van der Waals surface area contributed by atoms with Crippen LogP contribution in [-0.2, 0) is 19.1 Å². The van der Waals surface area contributed by atoms with Gasteiger partial charge >= 0.3 is 5.97 Å². The molecule has 3 rings (SSSR count). The summed E-state index contributed by atoms with van der Waals surface area (Å²) in [6, 6.07) is 5.79. The number of piperidine rings is 1. The Morgan fingerprint density at radius 2 is 1.79 bits per heavy atom. The van der Waals surface area contributed by atoms with Crippen LogP contribution < -0.4 is 10.6 Å². The first-order chi connectivity index (χ1) is 13.9. The molecule has 0 aliphatic carbocycles. The molecule has 1 unspecified atom stereocenters. The molecule has 156 valence electrons. The number of amides is 3. The second-order valence-electron chi connectivity index (χ2n) is 7.54. The van der Waals surface area contributed by atoms with Crippen molar-refractivity contribution in [3.8, 4) is 0 Å². The molecule has 3 amide bonds. The van der Waals surface area contributed by atoms with Crippen molar-refractivity contribution in [2.75, 3.05) is 24.6 Å². The van der Waals surface area contributed by atoms with Crippen molar-refractivity contribution >= 4 is 29.4 Å². The molecule has 8 heteroatoms. The van der Waals surface area contributed by atoms with Crippen molar-refractivity contribution in [1.29, 1.82) is 0 Å². The molecule has 2 N–H and O–H groups in total. The van der Waals surface area contributed by atoms with Crippen LogP contribution in [0.1, 0.15) is 49.4 Å². The average Bonchev–Trinajstić information content (AvgIpc) is 3.02. The molecule has 2 fully saturated rings. The Balaban J connectivity index is 1.64. The summed E-state index contributed by atoms with van der Waals surface area (Å²) in [5.74, 6) is -1.44. The first-order valence-corrected chi connectivity index (χ1v) is 10.1. The fraction of sp³-hybridized carbons (Fsp3) is 0.524. The van der Waals surface area contributed by atoms with Crippen molar-refractivity contribution in [2.45, 2.75) is 45.1 Å². The van der Waals surface area contributed by atoms with Crippen LogP contribution >= 0.6 is 0 Å². The molecule has 1 aromatic carbocycles. The predicted octanol–water partition coefficient (Wildman–Crippen LogP) is 1.47. The highest BCUT2D eigenvalue weighted by Gasteiger charge is 2.43. The van der Waals surface area contributed by atoms with Gasteiger partial charge < -0.3 is 10.5 Å². The first-order valence-electron chi connectivity index (χ1n) is 10.1. The van der Waals surface area contributed by atoms with Crippen LogP contribution in [-0.4, -0.2) is 54.3 Å². The van der Waals surface area contributed by atoms with Gasteiger partial charge in [0.15, 0.2) is 0 Å². The third-order valence-electron chi connectivity index (χ3n) is 5.59. The largest absolute Gasteiger partial charge is 0.462 e. The van der Waals surface area contributed by atoms with Crippen LogP contribution in [0, 0.1) is 5.92 Å². The number of unbranched alkanes of at least 4 members (excludes halogenated alkanes) is 1. The molecule has 2 aliphatic rings. The van der Waals surface area contributed by atoms with Crippen molar-refractivity contribution in [1.82, 2.24) is 4.90 Å². The average molecular weight is 401 g/mol. The number of carbonyl (C=O) groups excluding carboxylic acids is 4. The molecule has 0 radical (unpaired) electrons. The Hall–Kier alpha value is -2.74. The van der Waals surface area contributed by atoms with Gasteiger partial charge in [0.05, 0.1) is 30.3 Å². The van der Waals surface area contributed by atoms with E-state index in [1.54, 1.807) is 24.3 Å². The van der Waals surface area contributed by atoms with Gasteiger partial charge in [0.1, 0.15) is 0 Å². The number of hydrogen-bond donors (Lipinski definition) is 1. The molecule has 29 heavy (non-hydrogen) atoms. The molecule has 2 saturated heterocycles. The van der Waals surface area contributed by atoms with Gasteiger partial charge in [0.2, 0.25) is 11.8 Å². The summed E-state index contributed by atoms with van der Waals surface area (Å²) in [5.41, 5.74) is 6.19. The molecular weight excluding hydrogens is 374 g/mol. The Morgan fingerprint density at radius 3 is 2.38 bits per heavy atom. The van der Waals surface area contributed by atoms with E-state index >= 15 is 0 Å². The molecule has 0 saturated carbocycles. The number of rotatable bonds is 7. The molecule has 8 nitrogen and oxygen atoms in total. The quantitative estimate of drug-likeness (QED) is 0.421. The minimum atomic E-state index is -0.519. The van der Waals surface area contributed by atoms with Gasteiger partial charge in [-0.25, -0.2) is 9.69 Å². The normalized spacial score (nSPS) is 20.9. The van der Waals surface area contributed by atoms with Crippen molar-refractivity contribution < 1.29 is 23.9 Å². The van der Waals surface area contributed by atoms with Gasteiger partial charge in [-0.15, -0.1) is 0 Å². The molecular formula is C21H27N3O5. The summed E-state index contributed by atoms with van der Waals surface area (Å²) < 4.78 is 5.17. The van der Waals surface area contributed by atoms with E-state index < -0.39 is 12.0 Å². The monoisotopic (exact) mass is 401 g/mol. The van der Waals surface area contributed by atoms with Crippen molar-refractivity contribution in [2.24, 2.45) is 11.7 Å². The van der Waals surface area contributed by atoms with Gasteiger partial charge in [0, 0.05) is 5.92 Å². The van der Waals surface area contributed by atoms with Gasteiger partial charge in [-0.05, 0) is 56.6 Å². The summed E-state index contributed by atoms with van der Waals surface area (Å²) in [5, 5.41) is 0. The first kappa shape index (κ1) is 21.0. The molecule has 1 aromatic rings. The maximum atomic E-state index is 12.9. The summed E-state index contributed by atoms with van der Waals surface area (Å²) in [4.78, 5) is 51.9. The topological polar surface area (TPSA) is 110 Å². The lowest BCUT2D eigenvalue weighted by Gasteiger charge is -2.33. The second-order valence-corrected chi connectivity index (χ2v) is 7.54. The molecule has 1 atom stereocenters. The number of primary amides is 1. The highest BCUT2D eigenvalue weighted by molar-refractivity contribution is 6.22. The van der Waals surface area contributed by atoms with Gasteiger partial charge in [-0.2, -0.15) is 0 Å². The minimum Gasteiger partial charge on any atom is -0.462 e. The zero-order valence-electron chi connectivity index (χ0n) is 16.6. The maximum absolute atomic E-state index is 12.9. The molecule has 0 spiro atoms. The SMILES string of the molecule is CCCCOC(=O)c1ccc(N2C(=O)CC(N3CCC(C(N)=O)CC3)C2=O)cc1. The van der Waals surface area contributed by atoms with Crippen LogP contribution in [0.2, 0.25) is 0 Å². The molecule has 0 bridgehead atoms. The molecule has 2 aliphatic heterocycles. The van der Waals surface area contributed by atoms with Crippen LogP contribution in [0.4, 0.5) is 5.69 Å². The fourth-order valence-corrected chi connectivity index (χ4v) is 3.81. The van der Waals surface area contributed by atoms with E-state index in [1.165, 1.54) is 4.90 Å². The van der Waals surface area contributed by atoms with E-state index in [2.05, 4.69) is 0 Å². The third-order valence-corrected chi connectivity index (χ3v) is 5.59. The third kappa shape index (κ3) is 4.64. The zero-order chi connectivity index (χ0) is 21.0. The number of ether oxygens (including phenoxy) is 1. The number of nitrogens with zero attached hydrogens (tertiary/aromatic N) is 2. The number of hydrogen-bond acceptors (Lipinski definition) is 6. The predicted molar refractivity (Wildman–Crippen MR) is 106 cm³/mol. The fourth-order valence-electron chi connectivity index (χ4n) is 3.81. The number of benzene rings is 1. The van der Waals surface area contributed by atoms with Crippen LogP contribution in [0.25, 0.3) is 0 Å². The van der Waals surface area contributed by atoms with Gasteiger partial charge in [0.25, 0.3) is 5.91 Å². The summed E-state index contributed by atoms with van der Waals surface area (Å²) >= 11 is 0. The van der Waals surface area contributed by atoms with Gasteiger partial charge in [-0.1, -0.05) is 13.3 Å². The number of nitrogens with two attached hydrogens (primary N) is 1. The smallest absolute Gasteiger partial charge is 0.338 e. The lowest BCUT2D eigenvalue weighted by atomic mass is 9.95.